The molecule has 4 N–H and O–H groups in total. The Bertz CT molecular complexity index is 706. The Labute approximate surface area is 139 Å². The van der Waals surface area contributed by atoms with Crippen molar-refractivity contribution in [3.63, 3.8) is 0 Å². The molecule has 0 spiro atoms. The van der Waals surface area contributed by atoms with E-state index in [0.29, 0.717) is 0 Å². The van der Waals surface area contributed by atoms with E-state index in [2.05, 4.69) is 10.6 Å². The Balaban J connectivity index is 2.68. The average molecular weight is 360 g/mol. The number of hydrogen-bond acceptors (Lipinski definition) is 8. The quantitative estimate of drug-likeness (QED) is 0.302. The van der Waals surface area contributed by atoms with Crippen LogP contribution in [0.4, 0.5) is 11.4 Å². The van der Waals surface area contributed by atoms with E-state index in [4.69, 9.17) is 10.5 Å². The highest BCUT2D eigenvalue weighted by atomic mass is 32.2. The molecule has 0 aliphatic rings. The molecule has 1 unspecified atom stereocenters. The lowest BCUT2D eigenvalue weighted by Crippen LogP contribution is -2.44. The van der Waals surface area contributed by atoms with Crippen molar-refractivity contribution in [1.82, 2.24) is 5.32 Å². The van der Waals surface area contributed by atoms with Crippen molar-refractivity contribution >= 4 is 27.1 Å². The van der Waals surface area contributed by atoms with E-state index in [-0.39, 0.29) is 36.0 Å². The zero-order valence-electron chi connectivity index (χ0n) is 13.3. The summed E-state index contributed by atoms with van der Waals surface area (Å²) in [4.78, 5) is 21.8. The lowest BCUT2D eigenvalue weighted by atomic mass is 10.2. The molecule has 24 heavy (non-hydrogen) atoms. The molecule has 0 aromatic heterocycles. The summed E-state index contributed by atoms with van der Waals surface area (Å²) < 4.78 is 27.7. The van der Waals surface area contributed by atoms with Crippen LogP contribution in [-0.2, 0) is 19.4 Å². The molecular formula is C13H20N4O6S. The third-order valence-corrected chi connectivity index (χ3v) is 4.13. The second kappa shape index (κ2) is 8.57. The van der Waals surface area contributed by atoms with E-state index in [0.717, 1.165) is 12.3 Å². The van der Waals surface area contributed by atoms with Gasteiger partial charge in [0.1, 0.15) is 11.7 Å². The molecule has 0 bridgehead atoms. The van der Waals surface area contributed by atoms with E-state index in [9.17, 15) is 23.3 Å². The Kier molecular flexibility index (Phi) is 7.07. The molecule has 0 radical (unpaired) electrons. The molecule has 1 atom stereocenters. The van der Waals surface area contributed by atoms with Crippen LogP contribution in [0.2, 0.25) is 0 Å². The van der Waals surface area contributed by atoms with Gasteiger partial charge in [0.05, 0.1) is 16.4 Å². The fourth-order valence-electron chi connectivity index (χ4n) is 1.81. The number of methoxy groups -OCH3 is 1. The number of sulfone groups is 1. The minimum Gasteiger partial charge on any atom is -0.383 e. The van der Waals surface area contributed by atoms with Gasteiger partial charge in [-0.2, -0.15) is 0 Å². The van der Waals surface area contributed by atoms with Crippen molar-refractivity contribution in [3.05, 3.63) is 28.3 Å². The average Bonchev–Trinajstić information content (AvgIpc) is 2.50. The van der Waals surface area contributed by atoms with Crippen molar-refractivity contribution in [3.8, 4) is 0 Å². The molecule has 1 amide bonds. The summed E-state index contributed by atoms with van der Waals surface area (Å²) in [5, 5.41) is 16.4. The number of anilines is 1. The number of nitrogens with zero attached hydrogens (tertiary/aromatic N) is 1. The van der Waals surface area contributed by atoms with Crippen LogP contribution in [0.3, 0.4) is 0 Å². The molecule has 1 rings (SSSR count). The number of nitro benzene ring substituents is 1. The van der Waals surface area contributed by atoms with Crippen LogP contribution in [0.5, 0.6) is 0 Å². The van der Waals surface area contributed by atoms with Gasteiger partial charge >= 0.3 is 0 Å². The van der Waals surface area contributed by atoms with Gasteiger partial charge in [0.2, 0.25) is 5.91 Å². The van der Waals surface area contributed by atoms with E-state index >= 15 is 0 Å². The summed E-state index contributed by atoms with van der Waals surface area (Å²) in [5.74, 6) is -0.402. The maximum atomic E-state index is 11.6. The highest BCUT2D eigenvalue weighted by molar-refractivity contribution is 7.90. The standard InChI is InChI=1S/C13H20N4O6S/c1-23-8-10(14)13(18)16-6-5-15-11-4-3-9(24(2,21)22)7-12(11)17(19)20/h3-4,7,10,15H,5-6,8,14H2,1-2H3,(H,16,18). The second-order valence-electron chi connectivity index (χ2n) is 4.99. The summed E-state index contributed by atoms with van der Waals surface area (Å²) in [5.41, 5.74) is 5.33. The van der Waals surface area contributed by atoms with E-state index < -0.39 is 26.7 Å². The molecule has 0 saturated carbocycles. The Morgan fingerprint density at radius 3 is 2.62 bits per heavy atom. The van der Waals surface area contributed by atoms with Crippen LogP contribution in [-0.4, -0.2) is 58.4 Å². The van der Waals surface area contributed by atoms with Crippen LogP contribution < -0.4 is 16.4 Å². The predicted octanol–water partition coefficient (Wildman–Crippen LogP) is -0.500. The van der Waals surface area contributed by atoms with Gasteiger partial charge in [-0.15, -0.1) is 0 Å². The van der Waals surface area contributed by atoms with Crippen LogP contribution in [0.1, 0.15) is 0 Å². The van der Waals surface area contributed by atoms with Gasteiger partial charge in [-0.05, 0) is 12.1 Å². The molecule has 11 heteroatoms. The topological polar surface area (TPSA) is 154 Å². The number of ether oxygens (including phenoxy) is 1. The van der Waals surface area contributed by atoms with Gasteiger partial charge in [0.15, 0.2) is 9.84 Å². The number of carbonyl (C=O) groups is 1. The van der Waals surface area contributed by atoms with Gasteiger partial charge < -0.3 is 21.1 Å². The monoisotopic (exact) mass is 360 g/mol. The highest BCUT2D eigenvalue weighted by Crippen LogP contribution is 2.27. The number of hydrogen-bond donors (Lipinski definition) is 3. The number of nitro groups is 1. The van der Waals surface area contributed by atoms with E-state index in [1.807, 2.05) is 0 Å². The number of benzene rings is 1. The van der Waals surface area contributed by atoms with Crippen molar-refractivity contribution < 1.29 is 22.9 Å². The predicted molar refractivity (Wildman–Crippen MR) is 87.6 cm³/mol. The minimum absolute atomic E-state index is 0.0810. The van der Waals surface area contributed by atoms with Crippen LogP contribution in [0.25, 0.3) is 0 Å². The molecule has 0 heterocycles. The van der Waals surface area contributed by atoms with Gasteiger partial charge in [-0.25, -0.2) is 8.42 Å². The molecule has 0 saturated heterocycles. The summed E-state index contributed by atoms with van der Waals surface area (Å²) >= 11 is 0. The third kappa shape index (κ3) is 5.76. The molecule has 0 aliphatic carbocycles. The molecule has 0 fully saturated rings. The number of amides is 1. The normalized spacial score (nSPS) is 12.5. The summed E-state index contributed by atoms with van der Waals surface area (Å²) in [6.07, 6.45) is 0.970. The van der Waals surface area contributed by atoms with Gasteiger partial charge in [0.25, 0.3) is 5.69 Å². The van der Waals surface area contributed by atoms with Crippen LogP contribution >= 0.6 is 0 Å². The van der Waals surface area contributed by atoms with Crippen LogP contribution in [0, 0.1) is 10.1 Å². The summed E-state index contributed by atoms with van der Waals surface area (Å²) in [7, 11) is -2.12. The smallest absolute Gasteiger partial charge is 0.293 e. The third-order valence-electron chi connectivity index (χ3n) is 3.02. The summed E-state index contributed by atoms with van der Waals surface area (Å²) in [6.45, 7) is 0.462. The van der Waals surface area contributed by atoms with Crippen molar-refractivity contribution in [2.24, 2.45) is 5.73 Å². The molecule has 1 aromatic rings. The van der Waals surface area contributed by atoms with E-state index in [1.165, 1.54) is 19.2 Å². The van der Waals surface area contributed by atoms with Gasteiger partial charge in [-0.1, -0.05) is 0 Å². The van der Waals surface area contributed by atoms with E-state index in [1.54, 1.807) is 0 Å². The van der Waals surface area contributed by atoms with Crippen LogP contribution in [0.15, 0.2) is 23.1 Å². The second-order valence-corrected chi connectivity index (χ2v) is 7.00. The molecule has 10 nitrogen and oxygen atoms in total. The highest BCUT2D eigenvalue weighted by Gasteiger charge is 2.18. The first-order valence-corrected chi connectivity index (χ1v) is 8.80. The maximum Gasteiger partial charge on any atom is 0.293 e. The Morgan fingerprint density at radius 1 is 1.42 bits per heavy atom. The fourth-order valence-corrected chi connectivity index (χ4v) is 2.45. The molecule has 1 aromatic carbocycles. The molecule has 134 valence electrons. The lowest BCUT2D eigenvalue weighted by molar-refractivity contribution is -0.384. The first kappa shape index (κ1) is 19.8. The largest absolute Gasteiger partial charge is 0.383 e. The first-order valence-electron chi connectivity index (χ1n) is 6.91. The van der Waals surface area contributed by atoms with Gasteiger partial charge in [0, 0.05) is 32.5 Å². The zero-order valence-corrected chi connectivity index (χ0v) is 14.1. The van der Waals surface area contributed by atoms with Crippen molar-refractivity contribution in [2.75, 3.05) is 38.4 Å². The minimum atomic E-state index is -3.54. The van der Waals surface area contributed by atoms with Crippen molar-refractivity contribution in [1.29, 1.82) is 0 Å². The number of nitrogens with two attached hydrogens (primary N) is 1. The lowest BCUT2D eigenvalue weighted by Gasteiger charge is -2.12. The first-order chi connectivity index (χ1) is 11.2. The number of carbonyl (C=O) groups excluding carboxylic acids is 1. The Morgan fingerprint density at radius 2 is 2.08 bits per heavy atom. The zero-order chi connectivity index (χ0) is 18.3. The SMILES string of the molecule is COCC(N)C(=O)NCCNc1ccc(S(C)(=O)=O)cc1[N+](=O)[O-]. The fraction of sp³-hybridized carbons (Fsp3) is 0.462. The number of rotatable bonds is 9. The Hall–Kier alpha value is -2.24. The number of nitrogens with one attached hydrogen (secondary N) is 2. The van der Waals surface area contributed by atoms with Gasteiger partial charge in [-0.3, -0.25) is 14.9 Å². The maximum absolute atomic E-state index is 11.6. The van der Waals surface area contributed by atoms with Crippen molar-refractivity contribution in [2.45, 2.75) is 10.9 Å². The summed E-state index contributed by atoms with van der Waals surface area (Å²) in [6, 6.07) is 2.79. The molecular weight excluding hydrogens is 340 g/mol. The molecule has 0 aliphatic heterocycles.